The van der Waals surface area contributed by atoms with Crippen molar-refractivity contribution >= 4 is 5.91 Å². The van der Waals surface area contributed by atoms with Crippen molar-refractivity contribution in [3.05, 3.63) is 23.3 Å². The highest BCUT2D eigenvalue weighted by molar-refractivity contribution is 5.80. The van der Waals surface area contributed by atoms with E-state index >= 15 is 0 Å². The molecule has 1 aliphatic heterocycles. The molecule has 0 radical (unpaired) electrons. The minimum atomic E-state index is -0.202. The molecule has 0 saturated heterocycles. The summed E-state index contributed by atoms with van der Waals surface area (Å²) in [5.41, 5.74) is 1.62. The number of benzene rings is 1. The van der Waals surface area contributed by atoms with E-state index in [-0.39, 0.29) is 23.8 Å². The highest BCUT2D eigenvalue weighted by atomic mass is 16.3. The number of nitriles is 1. The Labute approximate surface area is 105 Å². The molecule has 5 nitrogen and oxygen atoms in total. The van der Waals surface area contributed by atoms with Gasteiger partial charge in [-0.3, -0.25) is 4.79 Å². The molecule has 0 aromatic heterocycles. The molecule has 0 saturated carbocycles. The fraction of sp³-hybridized carbons (Fsp3) is 0.385. The summed E-state index contributed by atoms with van der Waals surface area (Å²) in [5, 5.41) is 27.4. The smallest absolute Gasteiger partial charge is 0.227 e. The number of carbonyl (C=O) groups excluding carboxylic acids is 1. The standard InChI is InChI=1S/C13H14N2O3/c14-3-1-4-15-5-2-9-6-11(16)12(17)7-10(9)8-13(15)18/h6-7,16-17H,1-2,4-5,8H2. The number of carbonyl (C=O) groups is 1. The van der Waals surface area contributed by atoms with Gasteiger partial charge in [-0.15, -0.1) is 0 Å². The Morgan fingerprint density at radius 2 is 1.94 bits per heavy atom. The van der Waals surface area contributed by atoms with Crippen LogP contribution in [0.1, 0.15) is 17.5 Å². The second-order valence-corrected chi connectivity index (χ2v) is 4.33. The number of hydrogen-bond donors (Lipinski definition) is 2. The molecular formula is C13H14N2O3. The van der Waals surface area contributed by atoms with Gasteiger partial charge in [0.2, 0.25) is 5.91 Å². The first-order valence-corrected chi connectivity index (χ1v) is 5.80. The third-order valence-electron chi connectivity index (χ3n) is 3.14. The average molecular weight is 246 g/mol. The molecule has 0 fully saturated rings. The van der Waals surface area contributed by atoms with Gasteiger partial charge in [0.1, 0.15) is 0 Å². The van der Waals surface area contributed by atoms with Crippen molar-refractivity contribution in [3.63, 3.8) is 0 Å². The topological polar surface area (TPSA) is 84.6 Å². The van der Waals surface area contributed by atoms with Gasteiger partial charge in [0.25, 0.3) is 0 Å². The highest BCUT2D eigenvalue weighted by Crippen LogP contribution is 2.30. The van der Waals surface area contributed by atoms with Gasteiger partial charge in [0, 0.05) is 13.1 Å². The van der Waals surface area contributed by atoms with E-state index in [1.165, 1.54) is 12.1 Å². The molecule has 0 atom stereocenters. The molecule has 18 heavy (non-hydrogen) atoms. The zero-order chi connectivity index (χ0) is 13.1. The molecule has 0 spiro atoms. The number of rotatable bonds is 2. The van der Waals surface area contributed by atoms with Crippen molar-refractivity contribution in [2.24, 2.45) is 0 Å². The summed E-state index contributed by atoms with van der Waals surface area (Å²) in [4.78, 5) is 13.6. The lowest BCUT2D eigenvalue weighted by molar-refractivity contribution is -0.130. The van der Waals surface area contributed by atoms with Crippen LogP contribution in [-0.4, -0.2) is 34.1 Å². The summed E-state index contributed by atoms with van der Waals surface area (Å²) in [7, 11) is 0. The summed E-state index contributed by atoms with van der Waals surface area (Å²) in [6, 6.07) is 4.97. The van der Waals surface area contributed by atoms with Crippen LogP contribution in [0, 0.1) is 11.3 Å². The first-order valence-electron chi connectivity index (χ1n) is 5.80. The first-order chi connectivity index (χ1) is 8.61. The van der Waals surface area contributed by atoms with Crippen LogP contribution in [0.2, 0.25) is 0 Å². The van der Waals surface area contributed by atoms with E-state index in [2.05, 4.69) is 0 Å². The number of aromatic hydroxyl groups is 2. The van der Waals surface area contributed by atoms with Crippen molar-refractivity contribution in [1.82, 2.24) is 4.90 Å². The summed E-state index contributed by atoms with van der Waals surface area (Å²) in [5.74, 6) is -0.409. The molecule has 2 N–H and O–H groups in total. The lowest BCUT2D eigenvalue weighted by Gasteiger charge is -2.18. The van der Waals surface area contributed by atoms with Crippen LogP contribution in [0.25, 0.3) is 0 Å². The summed E-state index contributed by atoms with van der Waals surface area (Å²) >= 11 is 0. The van der Waals surface area contributed by atoms with Crippen LogP contribution in [0.4, 0.5) is 0 Å². The molecule has 1 aromatic rings. The predicted molar refractivity (Wildman–Crippen MR) is 64.0 cm³/mol. The zero-order valence-electron chi connectivity index (χ0n) is 9.89. The van der Waals surface area contributed by atoms with Crippen LogP contribution in [0.5, 0.6) is 11.5 Å². The molecule has 0 aliphatic carbocycles. The second kappa shape index (κ2) is 4.96. The van der Waals surface area contributed by atoms with Gasteiger partial charge in [-0.2, -0.15) is 5.26 Å². The van der Waals surface area contributed by atoms with Crippen molar-refractivity contribution in [1.29, 1.82) is 5.26 Å². The van der Waals surface area contributed by atoms with E-state index < -0.39 is 0 Å². The van der Waals surface area contributed by atoms with E-state index in [1.54, 1.807) is 4.90 Å². The van der Waals surface area contributed by atoms with Gasteiger partial charge in [-0.25, -0.2) is 0 Å². The SMILES string of the molecule is N#CCCN1CCc2cc(O)c(O)cc2CC1=O. The monoisotopic (exact) mass is 246 g/mol. The zero-order valence-corrected chi connectivity index (χ0v) is 9.89. The van der Waals surface area contributed by atoms with Gasteiger partial charge in [-0.1, -0.05) is 0 Å². The van der Waals surface area contributed by atoms with Crippen molar-refractivity contribution in [2.75, 3.05) is 13.1 Å². The molecular weight excluding hydrogens is 232 g/mol. The van der Waals surface area contributed by atoms with Gasteiger partial charge in [0.05, 0.1) is 18.9 Å². The Bertz CT molecular complexity index is 520. The number of nitrogens with zero attached hydrogens (tertiary/aromatic N) is 2. The Hall–Kier alpha value is -2.22. The van der Waals surface area contributed by atoms with Crippen molar-refractivity contribution in [2.45, 2.75) is 19.3 Å². The maximum absolute atomic E-state index is 12.0. The van der Waals surface area contributed by atoms with E-state index in [9.17, 15) is 15.0 Å². The Kier molecular flexibility index (Phi) is 3.38. The van der Waals surface area contributed by atoms with Crippen LogP contribution in [0.3, 0.4) is 0 Å². The Morgan fingerprint density at radius 1 is 1.28 bits per heavy atom. The molecule has 1 heterocycles. The largest absolute Gasteiger partial charge is 0.504 e. The molecule has 0 unspecified atom stereocenters. The number of amides is 1. The minimum Gasteiger partial charge on any atom is -0.504 e. The second-order valence-electron chi connectivity index (χ2n) is 4.33. The summed E-state index contributed by atoms with van der Waals surface area (Å²) < 4.78 is 0. The van der Waals surface area contributed by atoms with E-state index in [0.717, 1.165) is 11.1 Å². The van der Waals surface area contributed by atoms with Crippen LogP contribution < -0.4 is 0 Å². The van der Waals surface area contributed by atoms with Crippen LogP contribution in [0.15, 0.2) is 12.1 Å². The van der Waals surface area contributed by atoms with E-state index in [0.29, 0.717) is 25.9 Å². The average Bonchev–Trinajstić information content (AvgIpc) is 2.47. The fourth-order valence-electron chi connectivity index (χ4n) is 2.14. The highest BCUT2D eigenvalue weighted by Gasteiger charge is 2.21. The van der Waals surface area contributed by atoms with E-state index in [4.69, 9.17) is 5.26 Å². The van der Waals surface area contributed by atoms with Crippen molar-refractivity contribution in [3.8, 4) is 17.6 Å². The van der Waals surface area contributed by atoms with Crippen molar-refractivity contribution < 1.29 is 15.0 Å². The van der Waals surface area contributed by atoms with Crippen LogP contribution in [-0.2, 0) is 17.6 Å². The Morgan fingerprint density at radius 3 is 2.61 bits per heavy atom. The molecule has 1 amide bonds. The number of fused-ring (bicyclic) bond motifs is 1. The van der Waals surface area contributed by atoms with Gasteiger partial charge in [-0.05, 0) is 29.7 Å². The molecule has 5 heteroatoms. The molecule has 1 aromatic carbocycles. The van der Waals surface area contributed by atoms with E-state index in [1.807, 2.05) is 6.07 Å². The molecule has 2 rings (SSSR count). The third kappa shape index (κ3) is 2.38. The van der Waals surface area contributed by atoms with Gasteiger partial charge >= 0.3 is 0 Å². The fourth-order valence-corrected chi connectivity index (χ4v) is 2.14. The summed E-state index contributed by atoms with van der Waals surface area (Å²) in [6.07, 6.45) is 1.15. The maximum atomic E-state index is 12.0. The predicted octanol–water partition coefficient (Wildman–Crippen LogP) is 0.939. The van der Waals surface area contributed by atoms with Gasteiger partial charge in [0.15, 0.2) is 11.5 Å². The lowest BCUT2D eigenvalue weighted by atomic mass is 10.0. The number of phenolic OH excluding ortho intramolecular Hbond substituents is 2. The summed E-state index contributed by atoms with van der Waals surface area (Å²) in [6.45, 7) is 0.971. The quantitative estimate of drug-likeness (QED) is 0.760. The molecule has 1 aliphatic rings. The third-order valence-corrected chi connectivity index (χ3v) is 3.14. The number of hydrogen-bond acceptors (Lipinski definition) is 4. The van der Waals surface area contributed by atoms with Crippen LogP contribution >= 0.6 is 0 Å². The van der Waals surface area contributed by atoms with Gasteiger partial charge < -0.3 is 15.1 Å². The first kappa shape index (κ1) is 12.2. The lowest BCUT2D eigenvalue weighted by Crippen LogP contribution is -2.32. The molecule has 0 bridgehead atoms. The number of phenols is 2. The normalized spacial score (nSPS) is 14.8. The minimum absolute atomic E-state index is 0.0471. The molecule has 94 valence electrons. The Balaban J connectivity index is 2.22. The maximum Gasteiger partial charge on any atom is 0.227 e.